The zero-order valence-electron chi connectivity index (χ0n) is 13.6. The van der Waals surface area contributed by atoms with Gasteiger partial charge in [0.25, 0.3) is 5.91 Å². The molecule has 5 heteroatoms. The number of nitrogens with one attached hydrogen (secondary N) is 3. The van der Waals surface area contributed by atoms with Crippen molar-refractivity contribution in [3.63, 3.8) is 0 Å². The Morgan fingerprint density at radius 3 is 2.88 bits per heavy atom. The maximum atomic E-state index is 12.5. The van der Waals surface area contributed by atoms with Crippen LogP contribution < -0.4 is 5.32 Å². The van der Waals surface area contributed by atoms with Crippen molar-refractivity contribution in [1.82, 2.24) is 20.3 Å². The van der Waals surface area contributed by atoms with Crippen LogP contribution in [0.25, 0.3) is 21.9 Å². The van der Waals surface area contributed by atoms with Crippen LogP contribution >= 0.6 is 0 Å². The Morgan fingerprint density at radius 1 is 1.12 bits per heavy atom. The van der Waals surface area contributed by atoms with Crippen molar-refractivity contribution >= 4 is 27.8 Å². The van der Waals surface area contributed by atoms with Crippen LogP contribution in [0.1, 0.15) is 34.7 Å². The molecule has 0 unspecified atom stereocenters. The first kappa shape index (κ1) is 14.5. The molecule has 0 saturated heterocycles. The van der Waals surface area contributed by atoms with E-state index in [2.05, 4.69) is 26.3 Å². The van der Waals surface area contributed by atoms with Crippen molar-refractivity contribution < 1.29 is 4.79 Å². The van der Waals surface area contributed by atoms with Crippen LogP contribution in [-0.4, -0.2) is 20.9 Å². The average molecular weight is 318 g/mol. The standard InChI is InChI=1S/C19H18N4O/c1-11-3-6-15-17(9-11)23-18(22-15)12(2)21-19(24)14-5-4-13-7-8-20-16(13)10-14/h3-10,12,20H,1-2H3,(H,21,24)(H,22,23)/t12-/m1/s1. The second-order valence-corrected chi connectivity index (χ2v) is 6.12. The van der Waals surface area contributed by atoms with E-state index in [0.717, 1.165) is 27.8 Å². The fourth-order valence-electron chi connectivity index (χ4n) is 2.89. The Kier molecular flexibility index (Phi) is 3.34. The summed E-state index contributed by atoms with van der Waals surface area (Å²) in [5.41, 5.74) is 4.65. The van der Waals surface area contributed by atoms with Gasteiger partial charge in [-0.25, -0.2) is 4.98 Å². The Bertz CT molecular complexity index is 1040. The van der Waals surface area contributed by atoms with Gasteiger partial charge in [-0.15, -0.1) is 0 Å². The van der Waals surface area contributed by atoms with Gasteiger partial charge in [-0.2, -0.15) is 0 Å². The highest BCUT2D eigenvalue weighted by Gasteiger charge is 2.15. The third-order valence-electron chi connectivity index (χ3n) is 4.23. The van der Waals surface area contributed by atoms with Gasteiger partial charge in [0.05, 0.1) is 17.1 Å². The molecule has 4 aromatic rings. The fourth-order valence-corrected chi connectivity index (χ4v) is 2.89. The molecule has 0 fully saturated rings. The monoisotopic (exact) mass is 318 g/mol. The molecule has 0 spiro atoms. The average Bonchev–Trinajstić information content (AvgIpc) is 3.19. The minimum atomic E-state index is -0.204. The number of hydrogen-bond acceptors (Lipinski definition) is 2. The van der Waals surface area contributed by atoms with Crippen molar-refractivity contribution in [2.24, 2.45) is 0 Å². The molecule has 2 aromatic heterocycles. The van der Waals surface area contributed by atoms with Crippen LogP contribution in [0.2, 0.25) is 0 Å². The van der Waals surface area contributed by atoms with Crippen molar-refractivity contribution in [2.45, 2.75) is 19.9 Å². The fraction of sp³-hybridized carbons (Fsp3) is 0.158. The first-order valence-electron chi connectivity index (χ1n) is 7.94. The highest BCUT2D eigenvalue weighted by atomic mass is 16.1. The second kappa shape index (κ2) is 5.53. The van der Waals surface area contributed by atoms with Crippen LogP contribution in [0.3, 0.4) is 0 Å². The number of fused-ring (bicyclic) bond motifs is 2. The summed E-state index contributed by atoms with van der Waals surface area (Å²) in [7, 11) is 0. The first-order chi connectivity index (χ1) is 11.6. The van der Waals surface area contributed by atoms with Gasteiger partial charge in [-0.1, -0.05) is 12.1 Å². The topological polar surface area (TPSA) is 73.6 Å². The molecule has 0 radical (unpaired) electrons. The van der Waals surface area contributed by atoms with Gasteiger partial charge in [-0.05, 0) is 55.1 Å². The number of carbonyl (C=O) groups excluding carboxylic acids is 1. The quantitative estimate of drug-likeness (QED) is 0.537. The smallest absolute Gasteiger partial charge is 0.251 e. The summed E-state index contributed by atoms with van der Waals surface area (Å²) in [6, 6.07) is 13.5. The van der Waals surface area contributed by atoms with Crippen molar-refractivity contribution in [1.29, 1.82) is 0 Å². The number of carbonyl (C=O) groups is 1. The zero-order chi connectivity index (χ0) is 16.7. The number of aromatic nitrogens is 3. The highest BCUT2D eigenvalue weighted by Crippen LogP contribution is 2.18. The summed E-state index contributed by atoms with van der Waals surface area (Å²) in [5, 5.41) is 4.09. The summed E-state index contributed by atoms with van der Waals surface area (Å²) >= 11 is 0. The van der Waals surface area contributed by atoms with Crippen LogP contribution in [0.15, 0.2) is 48.7 Å². The number of imidazole rings is 1. The minimum absolute atomic E-state index is 0.115. The molecule has 120 valence electrons. The Morgan fingerprint density at radius 2 is 2.00 bits per heavy atom. The predicted octanol–water partition coefficient (Wildman–Crippen LogP) is 3.84. The van der Waals surface area contributed by atoms with E-state index in [1.807, 2.05) is 56.4 Å². The van der Waals surface area contributed by atoms with E-state index in [1.54, 1.807) is 0 Å². The lowest BCUT2D eigenvalue weighted by Crippen LogP contribution is -2.27. The van der Waals surface area contributed by atoms with Gasteiger partial charge < -0.3 is 15.3 Å². The lowest BCUT2D eigenvalue weighted by atomic mass is 10.1. The number of benzene rings is 2. The van der Waals surface area contributed by atoms with Gasteiger partial charge >= 0.3 is 0 Å². The maximum absolute atomic E-state index is 12.5. The first-order valence-corrected chi connectivity index (χ1v) is 7.94. The molecule has 0 saturated carbocycles. The molecular formula is C19H18N4O. The largest absolute Gasteiger partial charge is 0.361 e. The number of aromatic amines is 2. The third-order valence-corrected chi connectivity index (χ3v) is 4.23. The molecule has 2 heterocycles. The summed E-state index contributed by atoms with van der Waals surface area (Å²) in [4.78, 5) is 23.5. The Balaban J connectivity index is 1.57. The molecule has 5 nitrogen and oxygen atoms in total. The molecular weight excluding hydrogens is 300 g/mol. The van der Waals surface area contributed by atoms with Crippen molar-refractivity contribution in [3.8, 4) is 0 Å². The van der Waals surface area contributed by atoms with E-state index in [-0.39, 0.29) is 11.9 Å². The molecule has 4 rings (SSSR count). The molecule has 0 aliphatic carbocycles. The lowest BCUT2D eigenvalue weighted by molar-refractivity contribution is 0.0938. The summed E-state index contributed by atoms with van der Waals surface area (Å²) in [5.74, 6) is 0.639. The number of rotatable bonds is 3. The van der Waals surface area contributed by atoms with E-state index < -0.39 is 0 Å². The van der Waals surface area contributed by atoms with Crippen LogP contribution in [0, 0.1) is 6.92 Å². The van der Waals surface area contributed by atoms with Crippen molar-refractivity contribution in [2.75, 3.05) is 0 Å². The van der Waals surface area contributed by atoms with Gasteiger partial charge in [0, 0.05) is 17.3 Å². The van der Waals surface area contributed by atoms with E-state index in [1.165, 1.54) is 5.56 Å². The number of amides is 1. The number of H-pyrrole nitrogens is 2. The van der Waals surface area contributed by atoms with Crippen LogP contribution in [0.5, 0.6) is 0 Å². The van der Waals surface area contributed by atoms with Crippen molar-refractivity contribution in [3.05, 3.63) is 65.6 Å². The van der Waals surface area contributed by atoms with E-state index in [0.29, 0.717) is 5.56 Å². The van der Waals surface area contributed by atoms with Crippen LogP contribution in [-0.2, 0) is 0 Å². The van der Waals surface area contributed by atoms with E-state index in [9.17, 15) is 4.79 Å². The Hall–Kier alpha value is -3.08. The summed E-state index contributed by atoms with van der Waals surface area (Å²) < 4.78 is 0. The molecule has 2 aromatic carbocycles. The molecule has 0 bridgehead atoms. The third kappa shape index (κ3) is 2.54. The molecule has 3 N–H and O–H groups in total. The van der Waals surface area contributed by atoms with Gasteiger partial charge in [0.15, 0.2) is 0 Å². The highest BCUT2D eigenvalue weighted by molar-refractivity contribution is 5.98. The van der Waals surface area contributed by atoms with Gasteiger partial charge in [0.2, 0.25) is 0 Å². The predicted molar refractivity (Wildman–Crippen MR) is 95.0 cm³/mol. The summed E-state index contributed by atoms with van der Waals surface area (Å²) in [6.07, 6.45) is 1.87. The normalized spacial score (nSPS) is 12.6. The lowest BCUT2D eigenvalue weighted by Gasteiger charge is -2.11. The molecule has 1 amide bonds. The molecule has 0 aliphatic rings. The minimum Gasteiger partial charge on any atom is -0.361 e. The Labute approximate surface area is 139 Å². The van der Waals surface area contributed by atoms with E-state index in [4.69, 9.17) is 0 Å². The molecule has 24 heavy (non-hydrogen) atoms. The summed E-state index contributed by atoms with van der Waals surface area (Å²) in [6.45, 7) is 3.97. The second-order valence-electron chi connectivity index (χ2n) is 6.12. The van der Waals surface area contributed by atoms with Crippen LogP contribution in [0.4, 0.5) is 0 Å². The zero-order valence-corrected chi connectivity index (χ0v) is 13.6. The maximum Gasteiger partial charge on any atom is 0.251 e. The van der Waals surface area contributed by atoms with Gasteiger partial charge in [0.1, 0.15) is 5.82 Å². The van der Waals surface area contributed by atoms with Gasteiger partial charge in [-0.3, -0.25) is 4.79 Å². The number of aryl methyl sites for hydroxylation is 1. The molecule has 0 aliphatic heterocycles. The number of nitrogens with zero attached hydrogens (tertiary/aromatic N) is 1. The molecule has 1 atom stereocenters. The number of hydrogen-bond donors (Lipinski definition) is 3. The van der Waals surface area contributed by atoms with E-state index >= 15 is 0 Å². The SMILES string of the molecule is Cc1ccc2nc([C@@H](C)NC(=O)c3ccc4cc[nH]c4c3)[nH]c2c1.